The van der Waals surface area contributed by atoms with Gasteiger partial charge in [-0.05, 0) is 24.4 Å². The molecule has 2 aromatic rings. The minimum Gasteiger partial charge on any atom is -0.339 e. The predicted molar refractivity (Wildman–Crippen MR) is 99.0 cm³/mol. The standard InChI is InChI=1S/C14H13Cl3N4OS/c1-8(22)19-12(14(15,16)17)21-13(23)20-10-6-2-4-9-5-3-7-18-11(9)10/h2-7,12H,1H3,(H,19,22)(H2,20,21,23). The molecule has 0 aliphatic rings. The molecule has 1 aromatic carbocycles. The van der Waals surface area contributed by atoms with Gasteiger partial charge in [0, 0.05) is 18.5 Å². The minimum atomic E-state index is -1.77. The highest BCUT2D eigenvalue weighted by atomic mass is 35.6. The molecule has 122 valence electrons. The molecule has 0 saturated carbocycles. The number of thiocarbonyl (C=S) groups is 1. The van der Waals surface area contributed by atoms with Crippen LogP contribution < -0.4 is 16.0 Å². The number of amides is 1. The fourth-order valence-corrected chi connectivity index (χ4v) is 2.45. The summed E-state index contributed by atoms with van der Waals surface area (Å²) in [7, 11) is 0. The molecule has 5 nitrogen and oxygen atoms in total. The van der Waals surface area contributed by atoms with Gasteiger partial charge >= 0.3 is 0 Å². The molecule has 0 saturated heterocycles. The van der Waals surface area contributed by atoms with E-state index in [0.717, 1.165) is 10.9 Å². The van der Waals surface area contributed by atoms with E-state index in [2.05, 4.69) is 20.9 Å². The molecule has 3 N–H and O–H groups in total. The lowest BCUT2D eigenvalue weighted by molar-refractivity contribution is -0.119. The van der Waals surface area contributed by atoms with Gasteiger partial charge in [-0.3, -0.25) is 9.78 Å². The molecule has 1 atom stereocenters. The van der Waals surface area contributed by atoms with Crippen LogP contribution in [0.4, 0.5) is 5.69 Å². The van der Waals surface area contributed by atoms with Crippen LogP contribution in [0.5, 0.6) is 0 Å². The molecular formula is C14H13Cl3N4OS. The second-order valence-corrected chi connectivity index (χ2v) is 7.43. The van der Waals surface area contributed by atoms with Gasteiger partial charge in [-0.15, -0.1) is 0 Å². The Bertz CT molecular complexity index is 730. The summed E-state index contributed by atoms with van der Waals surface area (Å²) in [6, 6.07) is 9.41. The molecule has 1 unspecified atom stereocenters. The maximum absolute atomic E-state index is 11.2. The van der Waals surface area contributed by atoms with Gasteiger partial charge in [0.25, 0.3) is 0 Å². The predicted octanol–water partition coefficient (Wildman–Crippen LogP) is 3.35. The van der Waals surface area contributed by atoms with E-state index in [0.29, 0.717) is 5.69 Å². The maximum atomic E-state index is 11.2. The molecule has 1 aromatic heterocycles. The van der Waals surface area contributed by atoms with E-state index in [1.165, 1.54) is 6.92 Å². The van der Waals surface area contributed by atoms with Crippen molar-refractivity contribution in [2.75, 3.05) is 5.32 Å². The number of nitrogens with one attached hydrogen (secondary N) is 3. The lowest BCUT2D eigenvalue weighted by Gasteiger charge is -2.27. The van der Waals surface area contributed by atoms with Crippen LogP contribution in [0.2, 0.25) is 0 Å². The Balaban J connectivity index is 2.15. The Morgan fingerprint density at radius 3 is 2.57 bits per heavy atom. The zero-order valence-electron chi connectivity index (χ0n) is 11.9. The van der Waals surface area contributed by atoms with E-state index in [1.54, 1.807) is 6.20 Å². The number of anilines is 1. The first-order chi connectivity index (χ1) is 10.8. The van der Waals surface area contributed by atoms with E-state index in [9.17, 15) is 4.79 Å². The lowest BCUT2D eigenvalue weighted by Crippen LogP contribution is -2.55. The molecule has 2 rings (SSSR count). The number of alkyl halides is 3. The third-order valence-corrected chi connectivity index (χ3v) is 3.71. The third-order valence-electron chi connectivity index (χ3n) is 2.83. The quantitative estimate of drug-likeness (QED) is 0.425. The number of nitrogens with zero attached hydrogens (tertiary/aromatic N) is 1. The first-order valence-corrected chi connectivity index (χ1v) is 8.06. The molecule has 1 amide bonds. The van der Waals surface area contributed by atoms with Crippen LogP contribution in [0.25, 0.3) is 10.9 Å². The van der Waals surface area contributed by atoms with Gasteiger partial charge in [0.15, 0.2) is 5.11 Å². The Morgan fingerprint density at radius 1 is 1.22 bits per heavy atom. The van der Waals surface area contributed by atoms with Crippen LogP contribution in [0.15, 0.2) is 36.5 Å². The summed E-state index contributed by atoms with van der Waals surface area (Å²) in [5.41, 5.74) is 1.45. The van der Waals surface area contributed by atoms with Crippen molar-refractivity contribution >= 4 is 74.6 Å². The van der Waals surface area contributed by atoms with Crippen LogP contribution in [-0.2, 0) is 4.79 Å². The zero-order valence-corrected chi connectivity index (χ0v) is 15.0. The van der Waals surface area contributed by atoms with Crippen molar-refractivity contribution in [1.82, 2.24) is 15.6 Å². The van der Waals surface area contributed by atoms with Gasteiger partial charge in [0.2, 0.25) is 9.70 Å². The smallest absolute Gasteiger partial charge is 0.228 e. The van der Waals surface area contributed by atoms with E-state index >= 15 is 0 Å². The van der Waals surface area contributed by atoms with Crippen molar-refractivity contribution in [3.8, 4) is 0 Å². The van der Waals surface area contributed by atoms with Crippen LogP contribution in [0, 0.1) is 0 Å². The average molecular weight is 392 g/mol. The molecular weight excluding hydrogens is 379 g/mol. The summed E-state index contributed by atoms with van der Waals surface area (Å²) in [5, 5.41) is 9.39. The number of halogens is 3. The SMILES string of the molecule is CC(=O)NC(NC(=S)Nc1cccc2cccnc12)C(Cl)(Cl)Cl. The number of pyridine rings is 1. The van der Waals surface area contributed by atoms with Gasteiger partial charge < -0.3 is 16.0 Å². The number of benzene rings is 1. The Labute approximate surface area is 153 Å². The van der Waals surface area contributed by atoms with Crippen LogP contribution in [0.1, 0.15) is 6.92 Å². The summed E-state index contributed by atoms with van der Waals surface area (Å²) in [4.78, 5) is 15.5. The van der Waals surface area contributed by atoms with E-state index in [1.807, 2.05) is 30.3 Å². The van der Waals surface area contributed by atoms with Gasteiger partial charge in [0.1, 0.15) is 6.17 Å². The van der Waals surface area contributed by atoms with E-state index < -0.39 is 9.96 Å². The van der Waals surface area contributed by atoms with Crippen molar-refractivity contribution in [1.29, 1.82) is 0 Å². The number of hydrogen-bond acceptors (Lipinski definition) is 3. The lowest BCUT2D eigenvalue weighted by atomic mass is 10.2. The van der Waals surface area contributed by atoms with Crippen molar-refractivity contribution in [2.45, 2.75) is 16.9 Å². The average Bonchev–Trinajstić information content (AvgIpc) is 2.45. The van der Waals surface area contributed by atoms with Gasteiger partial charge in [-0.1, -0.05) is 53.0 Å². The number of fused-ring (bicyclic) bond motifs is 1. The molecule has 9 heteroatoms. The molecule has 0 bridgehead atoms. The molecule has 0 aliphatic heterocycles. The molecule has 0 fully saturated rings. The number of carbonyl (C=O) groups is 1. The summed E-state index contributed by atoms with van der Waals surface area (Å²) in [6.07, 6.45) is 0.707. The van der Waals surface area contributed by atoms with Crippen molar-refractivity contribution < 1.29 is 4.79 Å². The molecule has 23 heavy (non-hydrogen) atoms. The van der Waals surface area contributed by atoms with E-state index in [-0.39, 0.29) is 11.0 Å². The van der Waals surface area contributed by atoms with Gasteiger partial charge in [-0.25, -0.2) is 0 Å². The summed E-state index contributed by atoms with van der Waals surface area (Å²) in [6.45, 7) is 1.32. The van der Waals surface area contributed by atoms with Crippen molar-refractivity contribution in [3.05, 3.63) is 36.5 Å². The monoisotopic (exact) mass is 390 g/mol. The topological polar surface area (TPSA) is 66.1 Å². The summed E-state index contributed by atoms with van der Waals surface area (Å²) in [5.74, 6) is -0.358. The number of para-hydroxylation sites is 1. The number of hydrogen-bond donors (Lipinski definition) is 3. The fourth-order valence-electron chi connectivity index (χ4n) is 1.90. The Kier molecular flexibility index (Phi) is 5.86. The number of rotatable bonds is 3. The Hall–Kier alpha value is -1.34. The fraction of sp³-hybridized carbons (Fsp3) is 0.214. The van der Waals surface area contributed by atoms with Crippen LogP contribution in [0.3, 0.4) is 0 Å². The van der Waals surface area contributed by atoms with Crippen molar-refractivity contribution in [3.63, 3.8) is 0 Å². The minimum absolute atomic E-state index is 0.188. The Morgan fingerprint density at radius 2 is 1.91 bits per heavy atom. The maximum Gasteiger partial charge on any atom is 0.228 e. The van der Waals surface area contributed by atoms with Gasteiger partial charge in [0.05, 0.1) is 11.2 Å². The van der Waals surface area contributed by atoms with Crippen molar-refractivity contribution in [2.24, 2.45) is 0 Å². The number of carbonyl (C=O) groups excluding carboxylic acids is 1. The second-order valence-electron chi connectivity index (χ2n) is 4.65. The summed E-state index contributed by atoms with van der Waals surface area (Å²) >= 11 is 22.7. The molecule has 0 radical (unpaired) electrons. The summed E-state index contributed by atoms with van der Waals surface area (Å²) < 4.78 is -1.77. The number of aromatic nitrogens is 1. The highest BCUT2D eigenvalue weighted by Crippen LogP contribution is 2.29. The molecule has 1 heterocycles. The first-order valence-electron chi connectivity index (χ1n) is 6.52. The van der Waals surface area contributed by atoms with E-state index in [4.69, 9.17) is 47.0 Å². The highest BCUT2D eigenvalue weighted by molar-refractivity contribution is 7.80. The third kappa shape index (κ3) is 5.07. The second kappa shape index (κ2) is 7.49. The largest absolute Gasteiger partial charge is 0.339 e. The van der Waals surface area contributed by atoms with Crippen LogP contribution >= 0.6 is 47.0 Å². The highest BCUT2D eigenvalue weighted by Gasteiger charge is 2.34. The van der Waals surface area contributed by atoms with Crippen LogP contribution in [-0.4, -0.2) is 26.0 Å². The molecule has 0 spiro atoms. The first kappa shape index (κ1) is 18.0. The zero-order chi connectivity index (χ0) is 17.0. The molecule has 0 aliphatic carbocycles. The van der Waals surface area contributed by atoms with Gasteiger partial charge in [-0.2, -0.15) is 0 Å². The normalized spacial score (nSPS) is 12.5.